The molecule has 1 saturated carbocycles. The third kappa shape index (κ3) is 1.48. The Morgan fingerprint density at radius 1 is 1.33 bits per heavy atom. The first kappa shape index (κ1) is 7.73. The number of aromatic nitrogens is 2. The minimum absolute atomic E-state index is 0.379. The zero-order valence-corrected chi connectivity index (χ0v) is 6.94. The first-order chi connectivity index (χ1) is 5.86. The van der Waals surface area contributed by atoms with Gasteiger partial charge in [0.05, 0.1) is 0 Å². The Labute approximate surface area is 71.2 Å². The van der Waals surface area contributed by atoms with Crippen molar-refractivity contribution in [1.29, 1.82) is 0 Å². The Bertz CT molecular complexity index is 226. The zero-order valence-electron chi connectivity index (χ0n) is 6.94. The van der Waals surface area contributed by atoms with Crippen LogP contribution in [0.4, 0.5) is 0 Å². The average Bonchev–Trinajstić information content (AvgIpc) is 2.58. The normalized spacial score (nSPS) is 30.4. The number of hydrogen-bond donors (Lipinski definition) is 1. The molecule has 0 bridgehead atoms. The molecule has 1 aliphatic rings. The monoisotopic (exact) mass is 167 g/mol. The highest BCUT2D eigenvalue weighted by Crippen LogP contribution is 2.30. The minimum atomic E-state index is 0.379. The average molecular weight is 167 g/mol. The summed E-state index contributed by atoms with van der Waals surface area (Å²) in [4.78, 5) is 0. The van der Waals surface area contributed by atoms with Crippen LogP contribution in [0.2, 0.25) is 0 Å². The topological polar surface area (TPSA) is 64.9 Å². The van der Waals surface area contributed by atoms with Crippen molar-refractivity contribution in [2.24, 2.45) is 5.73 Å². The van der Waals surface area contributed by atoms with Crippen molar-refractivity contribution in [3.8, 4) is 0 Å². The van der Waals surface area contributed by atoms with Gasteiger partial charge in [0.1, 0.15) is 0 Å². The summed E-state index contributed by atoms with van der Waals surface area (Å²) in [5.41, 5.74) is 5.78. The molecule has 0 atom stereocenters. The van der Waals surface area contributed by atoms with E-state index in [0.29, 0.717) is 12.0 Å². The molecule has 0 radical (unpaired) electrons. The maximum absolute atomic E-state index is 5.78. The second-order valence-corrected chi connectivity index (χ2v) is 3.39. The first-order valence-corrected chi connectivity index (χ1v) is 4.38. The van der Waals surface area contributed by atoms with Crippen molar-refractivity contribution in [3.63, 3.8) is 0 Å². The van der Waals surface area contributed by atoms with E-state index in [4.69, 9.17) is 10.2 Å². The maximum Gasteiger partial charge on any atom is 0.219 e. The Morgan fingerprint density at radius 2 is 2.08 bits per heavy atom. The molecule has 0 amide bonds. The zero-order chi connectivity index (χ0) is 8.39. The molecule has 2 N–H and O–H groups in total. The molecule has 1 fully saturated rings. The molecule has 0 aliphatic heterocycles. The molecule has 0 saturated heterocycles. The summed E-state index contributed by atoms with van der Waals surface area (Å²) >= 11 is 0. The van der Waals surface area contributed by atoms with E-state index < -0.39 is 0 Å². The number of rotatable bonds is 1. The van der Waals surface area contributed by atoms with Gasteiger partial charge in [0.2, 0.25) is 12.3 Å². The summed E-state index contributed by atoms with van der Waals surface area (Å²) < 4.78 is 5.15. The van der Waals surface area contributed by atoms with E-state index >= 15 is 0 Å². The third-order valence-corrected chi connectivity index (χ3v) is 2.50. The van der Waals surface area contributed by atoms with Crippen molar-refractivity contribution < 1.29 is 4.42 Å². The number of nitrogens with zero attached hydrogens (tertiary/aromatic N) is 2. The lowest BCUT2D eigenvalue weighted by atomic mass is 9.86. The van der Waals surface area contributed by atoms with Gasteiger partial charge >= 0.3 is 0 Å². The molecular weight excluding hydrogens is 154 g/mol. The number of nitrogens with two attached hydrogens (primary N) is 1. The fourth-order valence-electron chi connectivity index (χ4n) is 1.73. The highest BCUT2D eigenvalue weighted by Gasteiger charge is 2.23. The van der Waals surface area contributed by atoms with Crippen LogP contribution in [0.3, 0.4) is 0 Å². The summed E-state index contributed by atoms with van der Waals surface area (Å²) in [6.07, 6.45) is 5.72. The van der Waals surface area contributed by atoms with Crippen molar-refractivity contribution in [2.45, 2.75) is 37.6 Å². The molecule has 1 heterocycles. The van der Waals surface area contributed by atoms with Crippen LogP contribution >= 0.6 is 0 Å². The molecule has 1 aliphatic carbocycles. The van der Waals surface area contributed by atoms with E-state index in [1.807, 2.05) is 0 Å². The SMILES string of the molecule is NC1CCC(c2nnco2)CC1. The van der Waals surface area contributed by atoms with Crippen LogP contribution in [0.5, 0.6) is 0 Å². The molecule has 66 valence electrons. The molecule has 1 aromatic rings. The molecular formula is C8H13N3O. The van der Waals surface area contributed by atoms with E-state index in [1.54, 1.807) is 0 Å². The standard InChI is InChI=1S/C8H13N3O/c9-7-3-1-6(2-4-7)8-11-10-5-12-8/h5-7H,1-4,9H2. The predicted molar refractivity (Wildman–Crippen MR) is 43.5 cm³/mol. The number of hydrogen-bond acceptors (Lipinski definition) is 4. The van der Waals surface area contributed by atoms with Gasteiger partial charge in [0, 0.05) is 12.0 Å². The van der Waals surface area contributed by atoms with Gasteiger partial charge in [-0.2, -0.15) is 0 Å². The summed E-state index contributed by atoms with van der Waals surface area (Å²) in [5, 5.41) is 7.58. The van der Waals surface area contributed by atoms with Crippen LogP contribution in [0.1, 0.15) is 37.5 Å². The van der Waals surface area contributed by atoms with Gasteiger partial charge in [0.25, 0.3) is 0 Å². The van der Waals surface area contributed by atoms with E-state index in [9.17, 15) is 0 Å². The smallest absolute Gasteiger partial charge is 0.219 e. The Balaban J connectivity index is 1.99. The Kier molecular flexibility index (Phi) is 2.08. The van der Waals surface area contributed by atoms with Gasteiger partial charge in [-0.1, -0.05) is 0 Å². The van der Waals surface area contributed by atoms with Gasteiger partial charge < -0.3 is 10.2 Å². The van der Waals surface area contributed by atoms with Gasteiger partial charge in [-0.25, -0.2) is 0 Å². The molecule has 12 heavy (non-hydrogen) atoms. The molecule has 1 aromatic heterocycles. The van der Waals surface area contributed by atoms with Crippen LogP contribution < -0.4 is 5.73 Å². The van der Waals surface area contributed by atoms with Crippen LogP contribution in [0.15, 0.2) is 10.8 Å². The Morgan fingerprint density at radius 3 is 2.67 bits per heavy atom. The van der Waals surface area contributed by atoms with Gasteiger partial charge in [-0.05, 0) is 25.7 Å². The van der Waals surface area contributed by atoms with Crippen molar-refractivity contribution in [3.05, 3.63) is 12.3 Å². The quantitative estimate of drug-likeness (QED) is 0.679. The second kappa shape index (κ2) is 3.23. The van der Waals surface area contributed by atoms with Crippen LogP contribution in [0.25, 0.3) is 0 Å². The minimum Gasteiger partial charge on any atom is -0.428 e. The molecule has 0 unspecified atom stereocenters. The van der Waals surface area contributed by atoms with E-state index in [0.717, 1.165) is 31.6 Å². The predicted octanol–water partition coefficient (Wildman–Crippen LogP) is 1.05. The lowest BCUT2D eigenvalue weighted by Gasteiger charge is -2.22. The van der Waals surface area contributed by atoms with Crippen molar-refractivity contribution in [2.75, 3.05) is 0 Å². The van der Waals surface area contributed by atoms with Crippen LogP contribution in [-0.2, 0) is 0 Å². The van der Waals surface area contributed by atoms with Crippen molar-refractivity contribution >= 4 is 0 Å². The molecule has 4 heteroatoms. The molecule has 4 nitrogen and oxygen atoms in total. The summed E-state index contributed by atoms with van der Waals surface area (Å²) in [7, 11) is 0. The van der Waals surface area contributed by atoms with Crippen molar-refractivity contribution in [1.82, 2.24) is 10.2 Å². The summed E-state index contributed by atoms with van der Waals surface area (Å²) in [6.45, 7) is 0. The summed E-state index contributed by atoms with van der Waals surface area (Å²) in [5.74, 6) is 1.23. The van der Waals surface area contributed by atoms with Crippen LogP contribution in [-0.4, -0.2) is 16.2 Å². The van der Waals surface area contributed by atoms with E-state index in [1.165, 1.54) is 6.39 Å². The highest BCUT2D eigenvalue weighted by atomic mass is 16.4. The third-order valence-electron chi connectivity index (χ3n) is 2.50. The first-order valence-electron chi connectivity index (χ1n) is 4.38. The van der Waals surface area contributed by atoms with Gasteiger partial charge in [-0.3, -0.25) is 0 Å². The largest absolute Gasteiger partial charge is 0.428 e. The highest BCUT2D eigenvalue weighted by molar-refractivity contribution is 4.92. The Hall–Kier alpha value is -0.900. The van der Waals surface area contributed by atoms with Crippen LogP contribution in [0, 0.1) is 0 Å². The fraction of sp³-hybridized carbons (Fsp3) is 0.750. The van der Waals surface area contributed by atoms with E-state index in [2.05, 4.69) is 10.2 Å². The van der Waals surface area contributed by atoms with Gasteiger partial charge in [-0.15, -0.1) is 10.2 Å². The molecule has 0 aromatic carbocycles. The van der Waals surface area contributed by atoms with Gasteiger partial charge in [0.15, 0.2) is 0 Å². The molecule has 0 spiro atoms. The van der Waals surface area contributed by atoms with E-state index in [-0.39, 0.29) is 0 Å². The second-order valence-electron chi connectivity index (χ2n) is 3.39. The maximum atomic E-state index is 5.78. The summed E-state index contributed by atoms with van der Waals surface area (Å²) in [6, 6.07) is 0.379. The fourth-order valence-corrected chi connectivity index (χ4v) is 1.73. The lowest BCUT2D eigenvalue weighted by molar-refractivity contribution is 0.339. The molecule has 2 rings (SSSR count). The lowest BCUT2D eigenvalue weighted by Crippen LogP contribution is -2.25.